The minimum Gasteiger partial charge on any atom is -0.360 e. The van der Waals surface area contributed by atoms with Gasteiger partial charge in [0.05, 0.1) is 18.9 Å². The summed E-state index contributed by atoms with van der Waals surface area (Å²) in [5.74, 6) is 0.0307. The first kappa shape index (κ1) is 21.2. The molecule has 9 heteroatoms. The molecule has 34 heavy (non-hydrogen) atoms. The average Bonchev–Trinajstić information content (AvgIpc) is 3.37. The fraction of sp³-hybridized carbons (Fsp3) is 0.400. The molecule has 3 aliphatic rings. The number of likely N-dealkylation sites (tertiary alicyclic amines) is 1. The van der Waals surface area contributed by atoms with Crippen LogP contribution in [0.2, 0.25) is 0 Å². The SMILES string of the molecule is O=C(CN1CC2CCC(C1)N2c1ncc(F)cn1)N1CC=C(c2c[nH]c3cc(F)ccc23)CC1. The Morgan fingerprint density at radius 2 is 1.85 bits per heavy atom. The summed E-state index contributed by atoms with van der Waals surface area (Å²) in [5, 5.41) is 1.01. The number of piperazine rings is 1. The van der Waals surface area contributed by atoms with Crippen molar-refractivity contribution in [3.8, 4) is 0 Å². The highest BCUT2D eigenvalue weighted by Gasteiger charge is 2.41. The van der Waals surface area contributed by atoms with Crippen LogP contribution in [0.4, 0.5) is 14.7 Å². The predicted molar refractivity (Wildman–Crippen MR) is 125 cm³/mol. The summed E-state index contributed by atoms with van der Waals surface area (Å²) in [6.07, 6.45) is 9.29. The van der Waals surface area contributed by atoms with Crippen molar-refractivity contribution in [2.75, 3.05) is 37.6 Å². The number of fused-ring (bicyclic) bond motifs is 3. The van der Waals surface area contributed by atoms with Gasteiger partial charge in [-0.15, -0.1) is 0 Å². The molecule has 2 fully saturated rings. The van der Waals surface area contributed by atoms with Gasteiger partial charge in [-0.2, -0.15) is 0 Å². The van der Waals surface area contributed by atoms with Gasteiger partial charge < -0.3 is 14.8 Å². The van der Waals surface area contributed by atoms with Crippen LogP contribution in [0.5, 0.6) is 0 Å². The molecule has 1 N–H and O–H groups in total. The van der Waals surface area contributed by atoms with E-state index in [1.807, 2.05) is 11.1 Å². The Bertz CT molecular complexity index is 1240. The van der Waals surface area contributed by atoms with Gasteiger partial charge in [0.2, 0.25) is 11.9 Å². The van der Waals surface area contributed by atoms with Crippen molar-refractivity contribution < 1.29 is 13.6 Å². The van der Waals surface area contributed by atoms with Crippen LogP contribution in [0.3, 0.4) is 0 Å². The van der Waals surface area contributed by atoms with Crippen molar-refractivity contribution in [3.05, 3.63) is 60.1 Å². The fourth-order valence-electron chi connectivity index (χ4n) is 5.68. The first-order chi connectivity index (χ1) is 16.5. The normalized spacial score (nSPS) is 22.9. The Balaban J connectivity index is 1.08. The second-order valence-corrected chi connectivity index (χ2v) is 9.40. The summed E-state index contributed by atoms with van der Waals surface area (Å²) in [6.45, 7) is 3.22. The molecule has 5 heterocycles. The van der Waals surface area contributed by atoms with E-state index in [0.717, 1.165) is 48.8 Å². The molecular weight excluding hydrogens is 438 g/mol. The van der Waals surface area contributed by atoms with E-state index in [2.05, 4.69) is 30.8 Å². The van der Waals surface area contributed by atoms with Crippen molar-refractivity contribution in [1.82, 2.24) is 24.8 Å². The largest absolute Gasteiger partial charge is 0.360 e. The standard InChI is InChI=1S/C25H26F2N6O/c26-17-1-4-21-22(12-28-23(21)9-17)16-5-7-32(8-6-16)24(34)15-31-13-19-2-3-20(14-31)33(19)25-29-10-18(27)11-30-25/h1,4-5,9-12,19-20,28H,2-3,6-8,13-15H2. The summed E-state index contributed by atoms with van der Waals surface area (Å²) < 4.78 is 26.7. The fourth-order valence-corrected chi connectivity index (χ4v) is 5.68. The first-order valence-electron chi connectivity index (χ1n) is 11.8. The summed E-state index contributed by atoms with van der Waals surface area (Å²) >= 11 is 0. The average molecular weight is 465 g/mol. The highest BCUT2D eigenvalue weighted by molar-refractivity contribution is 5.93. The summed E-state index contributed by atoms with van der Waals surface area (Å²) in [5.41, 5.74) is 3.06. The van der Waals surface area contributed by atoms with Crippen LogP contribution in [0.25, 0.3) is 16.5 Å². The number of nitrogens with zero attached hydrogens (tertiary/aromatic N) is 5. The van der Waals surface area contributed by atoms with E-state index in [4.69, 9.17) is 0 Å². The van der Waals surface area contributed by atoms with Crippen molar-refractivity contribution >= 4 is 28.3 Å². The number of H-pyrrole nitrogens is 1. The third-order valence-electron chi connectivity index (χ3n) is 7.31. The highest BCUT2D eigenvalue weighted by Crippen LogP contribution is 2.33. The number of benzene rings is 1. The number of aromatic amines is 1. The Morgan fingerprint density at radius 3 is 2.56 bits per heavy atom. The number of hydrogen-bond donors (Lipinski definition) is 1. The maximum Gasteiger partial charge on any atom is 0.237 e. The maximum absolute atomic E-state index is 13.5. The molecule has 6 rings (SSSR count). The number of halogens is 2. The third-order valence-corrected chi connectivity index (χ3v) is 7.31. The summed E-state index contributed by atoms with van der Waals surface area (Å²) in [6, 6.07) is 5.29. The van der Waals surface area contributed by atoms with Crippen LogP contribution >= 0.6 is 0 Å². The lowest BCUT2D eigenvalue weighted by molar-refractivity contribution is -0.132. The van der Waals surface area contributed by atoms with Crippen molar-refractivity contribution in [1.29, 1.82) is 0 Å². The third kappa shape index (κ3) is 3.83. The number of carbonyl (C=O) groups is 1. The molecule has 2 saturated heterocycles. The van der Waals surface area contributed by atoms with Crippen molar-refractivity contribution in [2.45, 2.75) is 31.3 Å². The van der Waals surface area contributed by atoms with Crippen LogP contribution in [-0.2, 0) is 4.79 Å². The number of amides is 1. The van der Waals surface area contributed by atoms with Gasteiger partial charge in [-0.1, -0.05) is 6.08 Å². The van der Waals surface area contributed by atoms with Crippen LogP contribution in [0.1, 0.15) is 24.8 Å². The highest BCUT2D eigenvalue weighted by atomic mass is 19.1. The van der Waals surface area contributed by atoms with E-state index in [-0.39, 0.29) is 23.8 Å². The Labute approximate surface area is 196 Å². The maximum atomic E-state index is 13.5. The van der Waals surface area contributed by atoms with Gasteiger partial charge in [-0.3, -0.25) is 9.69 Å². The Kier molecular flexibility index (Phi) is 5.28. The van der Waals surface area contributed by atoms with Gasteiger partial charge in [0.25, 0.3) is 0 Å². The van der Waals surface area contributed by atoms with Crippen molar-refractivity contribution in [3.63, 3.8) is 0 Å². The van der Waals surface area contributed by atoms with Crippen LogP contribution in [0, 0.1) is 11.6 Å². The topological polar surface area (TPSA) is 68.4 Å². The monoisotopic (exact) mass is 464 g/mol. The molecule has 1 aromatic carbocycles. The quantitative estimate of drug-likeness (QED) is 0.642. The zero-order chi connectivity index (χ0) is 23.2. The van der Waals surface area contributed by atoms with Crippen LogP contribution in [-0.4, -0.2) is 75.5 Å². The number of carbonyl (C=O) groups excluding carboxylic acids is 1. The Hall–Kier alpha value is -3.33. The summed E-state index contributed by atoms with van der Waals surface area (Å²) in [4.78, 5) is 30.9. The molecule has 3 aliphatic heterocycles. The van der Waals surface area contributed by atoms with E-state index >= 15 is 0 Å². The number of aromatic nitrogens is 3. The molecule has 7 nitrogen and oxygen atoms in total. The van der Waals surface area contributed by atoms with E-state index in [1.54, 1.807) is 6.07 Å². The minimum absolute atomic E-state index is 0.141. The molecule has 0 spiro atoms. The number of hydrogen-bond acceptors (Lipinski definition) is 5. The molecule has 0 radical (unpaired) electrons. The van der Waals surface area contributed by atoms with Crippen LogP contribution in [0.15, 0.2) is 42.9 Å². The number of rotatable bonds is 4. The molecule has 176 valence electrons. The predicted octanol–water partition coefficient (Wildman–Crippen LogP) is 3.21. The molecule has 0 aliphatic carbocycles. The zero-order valence-electron chi connectivity index (χ0n) is 18.8. The molecule has 2 aromatic heterocycles. The molecule has 0 saturated carbocycles. The number of anilines is 1. The van der Waals surface area contributed by atoms with Crippen LogP contribution < -0.4 is 4.90 Å². The van der Waals surface area contributed by atoms with E-state index in [0.29, 0.717) is 25.6 Å². The molecular formula is C25H26F2N6O. The van der Waals surface area contributed by atoms with E-state index in [1.165, 1.54) is 30.1 Å². The van der Waals surface area contributed by atoms with Gasteiger partial charge >= 0.3 is 0 Å². The Morgan fingerprint density at radius 1 is 1.09 bits per heavy atom. The summed E-state index contributed by atoms with van der Waals surface area (Å²) in [7, 11) is 0. The molecule has 2 unspecified atom stereocenters. The molecule has 1 amide bonds. The van der Waals surface area contributed by atoms with Gasteiger partial charge in [-0.05, 0) is 43.0 Å². The minimum atomic E-state index is -0.433. The lowest BCUT2D eigenvalue weighted by Crippen LogP contribution is -2.56. The second kappa shape index (κ2) is 8.47. The smallest absolute Gasteiger partial charge is 0.237 e. The lowest BCUT2D eigenvalue weighted by Gasteiger charge is -2.41. The lowest BCUT2D eigenvalue weighted by atomic mass is 9.99. The van der Waals surface area contributed by atoms with Crippen molar-refractivity contribution in [2.24, 2.45) is 0 Å². The molecule has 2 atom stereocenters. The second-order valence-electron chi connectivity index (χ2n) is 9.40. The first-order valence-corrected chi connectivity index (χ1v) is 11.8. The van der Waals surface area contributed by atoms with E-state index in [9.17, 15) is 13.6 Å². The van der Waals surface area contributed by atoms with Gasteiger partial charge in [-0.25, -0.2) is 18.7 Å². The number of nitrogens with one attached hydrogen (secondary N) is 1. The van der Waals surface area contributed by atoms with Gasteiger partial charge in [0, 0.05) is 60.9 Å². The molecule has 3 aromatic rings. The van der Waals surface area contributed by atoms with E-state index < -0.39 is 5.82 Å². The van der Waals surface area contributed by atoms with Gasteiger partial charge in [0.1, 0.15) is 5.82 Å². The zero-order valence-corrected chi connectivity index (χ0v) is 18.8. The molecule has 2 bridgehead atoms. The van der Waals surface area contributed by atoms with Gasteiger partial charge in [0.15, 0.2) is 5.82 Å².